The van der Waals surface area contributed by atoms with E-state index in [0.717, 1.165) is 18.7 Å². The molecule has 1 aliphatic carbocycles. The maximum absolute atomic E-state index is 11.7. The van der Waals surface area contributed by atoms with Crippen molar-refractivity contribution in [3.8, 4) is 0 Å². The van der Waals surface area contributed by atoms with Gasteiger partial charge in [-0.05, 0) is 12.8 Å². The number of amidine groups is 1. The molecule has 1 fully saturated rings. The topological polar surface area (TPSA) is 59.7 Å². The van der Waals surface area contributed by atoms with Gasteiger partial charge in [-0.15, -0.1) is 0 Å². The molecule has 1 saturated carbocycles. The van der Waals surface area contributed by atoms with E-state index < -0.39 is 0 Å². The second kappa shape index (κ2) is 4.11. The van der Waals surface area contributed by atoms with Crippen LogP contribution >= 0.6 is 0 Å². The zero-order chi connectivity index (χ0) is 11.7. The Bertz CT molecular complexity index is 354. The average molecular weight is 224 g/mol. The van der Waals surface area contributed by atoms with Crippen molar-refractivity contribution in [1.82, 2.24) is 15.5 Å². The molecule has 0 radical (unpaired) electrons. The highest BCUT2D eigenvalue weighted by molar-refractivity contribution is 6.01. The molecule has 0 spiro atoms. The fourth-order valence-electron chi connectivity index (χ4n) is 1.59. The predicted molar refractivity (Wildman–Crippen MR) is 61.5 cm³/mol. The quantitative estimate of drug-likeness (QED) is 0.390. The molecular formula is C10H18N5O+. The second-order valence-corrected chi connectivity index (χ2v) is 4.43. The van der Waals surface area contributed by atoms with Gasteiger partial charge in [-0.1, -0.05) is 0 Å². The molecule has 1 atom stereocenters. The molecule has 0 bridgehead atoms. The average Bonchev–Trinajstić information content (AvgIpc) is 3.03. The summed E-state index contributed by atoms with van der Waals surface area (Å²) in [7, 11) is 5.59. The number of carbonyl (C=O) groups is 1. The van der Waals surface area contributed by atoms with Crippen molar-refractivity contribution < 1.29 is 9.37 Å². The van der Waals surface area contributed by atoms with Gasteiger partial charge in [0.2, 0.25) is 6.34 Å². The highest BCUT2D eigenvalue weighted by Gasteiger charge is 2.36. The maximum atomic E-state index is 11.7. The standard InChI is InChI=1S/C10H17N5O/c1-14(2)6-11-9-12-8(7-4-5-7)15(3)10(16)13-9/h6-7,9H,4-5H2,1-3H3,(H,13,16)/p+1/t9-/m1/s1. The van der Waals surface area contributed by atoms with Gasteiger partial charge in [0.05, 0.1) is 14.1 Å². The fraction of sp³-hybridized carbons (Fsp3) is 0.700. The monoisotopic (exact) mass is 224 g/mol. The minimum atomic E-state index is -0.346. The van der Waals surface area contributed by atoms with E-state index in [1.807, 2.05) is 18.7 Å². The molecule has 0 aromatic heterocycles. The van der Waals surface area contributed by atoms with Gasteiger partial charge in [-0.3, -0.25) is 14.8 Å². The van der Waals surface area contributed by atoms with Gasteiger partial charge in [-0.2, -0.15) is 0 Å². The van der Waals surface area contributed by atoms with Crippen LogP contribution in [0.4, 0.5) is 4.79 Å². The van der Waals surface area contributed by atoms with Crippen molar-refractivity contribution in [3.05, 3.63) is 0 Å². The van der Waals surface area contributed by atoms with Gasteiger partial charge in [0.15, 0.2) is 0 Å². The molecule has 0 aromatic carbocycles. The third-order valence-electron chi connectivity index (χ3n) is 2.60. The Morgan fingerprint density at radius 2 is 2.25 bits per heavy atom. The number of aliphatic imine (C=N–C) groups is 1. The number of rotatable bonds is 3. The molecule has 16 heavy (non-hydrogen) atoms. The molecule has 0 aromatic rings. The Hall–Kier alpha value is -1.59. The Morgan fingerprint density at radius 3 is 2.81 bits per heavy atom. The number of amides is 2. The zero-order valence-electron chi connectivity index (χ0n) is 9.90. The summed E-state index contributed by atoms with van der Waals surface area (Å²) < 4.78 is 1.87. The van der Waals surface area contributed by atoms with Crippen LogP contribution in [-0.2, 0) is 0 Å². The first-order chi connectivity index (χ1) is 7.58. The lowest BCUT2D eigenvalue weighted by atomic mass is 10.3. The number of nitrogens with one attached hydrogen (secondary N) is 2. The Morgan fingerprint density at radius 1 is 1.56 bits per heavy atom. The number of hydrogen-bond acceptors (Lipinski definition) is 2. The smallest absolute Gasteiger partial charge is 0.285 e. The molecule has 2 rings (SSSR count). The summed E-state index contributed by atoms with van der Waals surface area (Å²) in [5.41, 5.74) is 0. The van der Waals surface area contributed by atoms with Gasteiger partial charge >= 0.3 is 6.03 Å². The molecule has 0 unspecified atom stereocenters. The Kier molecular flexibility index (Phi) is 2.80. The molecule has 88 valence electrons. The van der Waals surface area contributed by atoms with E-state index in [1.54, 1.807) is 18.3 Å². The van der Waals surface area contributed by atoms with Gasteiger partial charge in [-0.25, -0.2) is 15.1 Å². The lowest BCUT2D eigenvalue weighted by Crippen LogP contribution is -2.56. The third-order valence-corrected chi connectivity index (χ3v) is 2.60. The highest BCUT2D eigenvalue weighted by atomic mass is 16.2. The molecule has 1 aliphatic heterocycles. The van der Waals surface area contributed by atoms with Crippen LogP contribution < -0.4 is 10.6 Å². The van der Waals surface area contributed by atoms with Crippen molar-refractivity contribution in [2.45, 2.75) is 19.1 Å². The van der Waals surface area contributed by atoms with Crippen LogP contribution in [-0.4, -0.2) is 55.1 Å². The van der Waals surface area contributed by atoms with Crippen LogP contribution in [0.2, 0.25) is 0 Å². The first-order valence-corrected chi connectivity index (χ1v) is 5.45. The van der Waals surface area contributed by atoms with E-state index in [9.17, 15) is 4.79 Å². The largest absolute Gasteiger partial charge is 0.327 e. The van der Waals surface area contributed by atoms with Gasteiger partial charge in [0, 0.05) is 13.0 Å². The SMILES string of the molecule is CN1C(=O)N[C@H](NC=[N+](C)C)N=C1C1CC1. The van der Waals surface area contributed by atoms with Gasteiger partial charge in [0.1, 0.15) is 5.84 Å². The van der Waals surface area contributed by atoms with E-state index in [4.69, 9.17) is 0 Å². The molecule has 0 saturated heterocycles. The summed E-state index contributed by atoms with van der Waals surface area (Å²) in [5.74, 6) is 1.37. The van der Waals surface area contributed by atoms with Crippen LogP contribution in [0.3, 0.4) is 0 Å². The fourth-order valence-corrected chi connectivity index (χ4v) is 1.59. The summed E-state index contributed by atoms with van der Waals surface area (Å²) in [5, 5.41) is 5.80. The summed E-state index contributed by atoms with van der Waals surface area (Å²) in [6.07, 6.45) is 3.72. The minimum Gasteiger partial charge on any atom is -0.285 e. The lowest BCUT2D eigenvalue weighted by Gasteiger charge is -2.27. The first kappa shape index (κ1) is 10.9. The number of carbonyl (C=O) groups excluding carboxylic acids is 1. The predicted octanol–water partition coefficient (Wildman–Crippen LogP) is -0.376. The summed E-state index contributed by atoms with van der Waals surface area (Å²) >= 11 is 0. The number of nitrogens with zero attached hydrogens (tertiary/aromatic N) is 3. The second-order valence-electron chi connectivity index (χ2n) is 4.43. The molecule has 1 heterocycles. The maximum Gasteiger partial charge on any atom is 0.327 e. The van der Waals surface area contributed by atoms with Crippen LogP contribution in [0, 0.1) is 5.92 Å². The van der Waals surface area contributed by atoms with Gasteiger partial charge in [0.25, 0.3) is 6.29 Å². The molecule has 6 nitrogen and oxygen atoms in total. The van der Waals surface area contributed by atoms with Crippen molar-refractivity contribution >= 4 is 18.2 Å². The van der Waals surface area contributed by atoms with E-state index in [1.165, 1.54) is 0 Å². The van der Waals surface area contributed by atoms with E-state index in [0.29, 0.717) is 5.92 Å². The summed E-state index contributed by atoms with van der Waals surface area (Å²) in [6.45, 7) is 0. The highest BCUT2D eigenvalue weighted by Crippen LogP contribution is 2.32. The first-order valence-electron chi connectivity index (χ1n) is 5.45. The molecule has 6 heteroatoms. The number of hydrogen-bond donors (Lipinski definition) is 2. The normalized spacial score (nSPS) is 24.7. The molecular weight excluding hydrogens is 206 g/mol. The minimum absolute atomic E-state index is 0.0958. The summed E-state index contributed by atoms with van der Waals surface area (Å²) in [4.78, 5) is 17.7. The summed E-state index contributed by atoms with van der Waals surface area (Å²) in [6, 6.07) is -0.0958. The third kappa shape index (κ3) is 2.32. The van der Waals surface area contributed by atoms with E-state index in [-0.39, 0.29) is 12.3 Å². The van der Waals surface area contributed by atoms with Crippen molar-refractivity contribution in [1.29, 1.82) is 0 Å². The Labute approximate surface area is 95.0 Å². The van der Waals surface area contributed by atoms with Gasteiger partial charge < -0.3 is 0 Å². The zero-order valence-corrected chi connectivity index (χ0v) is 9.90. The lowest BCUT2D eigenvalue weighted by molar-refractivity contribution is -0.461. The van der Waals surface area contributed by atoms with Crippen LogP contribution in [0.1, 0.15) is 12.8 Å². The van der Waals surface area contributed by atoms with Crippen molar-refractivity contribution in [3.63, 3.8) is 0 Å². The van der Waals surface area contributed by atoms with Crippen LogP contribution in [0.15, 0.2) is 4.99 Å². The Balaban J connectivity index is 2.09. The van der Waals surface area contributed by atoms with Crippen LogP contribution in [0.5, 0.6) is 0 Å². The van der Waals surface area contributed by atoms with Crippen molar-refractivity contribution in [2.75, 3.05) is 21.1 Å². The molecule has 2 aliphatic rings. The van der Waals surface area contributed by atoms with Crippen molar-refractivity contribution in [2.24, 2.45) is 10.9 Å². The number of urea groups is 1. The molecule has 2 amide bonds. The molecule has 2 N–H and O–H groups in total. The van der Waals surface area contributed by atoms with E-state index >= 15 is 0 Å². The van der Waals surface area contributed by atoms with E-state index in [2.05, 4.69) is 15.6 Å². The van der Waals surface area contributed by atoms with Crippen LogP contribution in [0.25, 0.3) is 0 Å².